The maximum atomic E-state index is 12.2. The lowest BCUT2D eigenvalue weighted by atomic mass is 9.99. The van der Waals surface area contributed by atoms with E-state index in [9.17, 15) is 4.79 Å². The Morgan fingerprint density at radius 1 is 1.43 bits per heavy atom. The summed E-state index contributed by atoms with van der Waals surface area (Å²) in [4.78, 5) is 13.9. The van der Waals surface area contributed by atoms with E-state index in [1.165, 1.54) is 5.56 Å². The van der Waals surface area contributed by atoms with E-state index in [0.717, 1.165) is 25.0 Å². The molecule has 0 aliphatic heterocycles. The van der Waals surface area contributed by atoms with Crippen molar-refractivity contribution in [2.24, 2.45) is 11.7 Å². The molecule has 0 spiro atoms. The minimum absolute atomic E-state index is 0.171. The van der Waals surface area contributed by atoms with E-state index in [1.807, 2.05) is 38.2 Å². The van der Waals surface area contributed by atoms with Crippen LogP contribution >= 0.6 is 0 Å². The van der Waals surface area contributed by atoms with Gasteiger partial charge in [-0.05, 0) is 43.4 Å². The van der Waals surface area contributed by atoms with Crippen LogP contribution < -0.4 is 10.5 Å². The molecular weight excluding hydrogens is 264 g/mol. The van der Waals surface area contributed by atoms with Crippen LogP contribution in [0.5, 0.6) is 5.75 Å². The Hall–Kier alpha value is -1.55. The number of ether oxygens (including phenoxy) is 1. The minimum Gasteiger partial charge on any atom is -0.492 e. The Balaban J connectivity index is 1.71. The van der Waals surface area contributed by atoms with E-state index in [0.29, 0.717) is 25.5 Å². The zero-order valence-corrected chi connectivity index (χ0v) is 13.0. The van der Waals surface area contributed by atoms with Crippen LogP contribution in [0.25, 0.3) is 0 Å². The molecule has 1 aliphatic rings. The molecule has 1 aromatic rings. The molecule has 1 saturated carbocycles. The van der Waals surface area contributed by atoms with Crippen LogP contribution in [0.2, 0.25) is 0 Å². The van der Waals surface area contributed by atoms with Crippen LogP contribution in [0.1, 0.15) is 31.2 Å². The number of aryl methyl sites for hydroxylation is 1. The van der Waals surface area contributed by atoms with Gasteiger partial charge in [0.1, 0.15) is 12.4 Å². The average Bonchev–Trinajstić information content (AvgIpc) is 2.84. The first-order chi connectivity index (χ1) is 10.1. The van der Waals surface area contributed by atoms with Crippen molar-refractivity contribution in [2.45, 2.75) is 38.6 Å². The molecule has 0 radical (unpaired) electrons. The van der Waals surface area contributed by atoms with Gasteiger partial charge in [0.25, 0.3) is 0 Å². The highest BCUT2D eigenvalue weighted by molar-refractivity contribution is 5.76. The number of hydrogen-bond donors (Lipinski definition) is 1. The maximum Gasteiger partial charge on any atom is 0.222 e. The fourth-order valence-corrected chi connectivity index (χ4v) is 2.83. The highest BCUT2D eigenvalue weighted by Crippen LogP contribution is 2.27. The van der Waals surface area contributed by atoms with Crippen molar-refractivity contribution in [1.29, 1.82) is 0 Å². The van der Waals surface area contributed by atoms with Gasteiger partial charge in [0, 0.05) is 19.5 Å². The second kappa shape index (κ2) is 7.46. The quantitative estimate of drug-likeness (QED) is 0.875. The topological polar surface area (TPSA) is 55.6 Å². The molecule has 0 heterocycles. The Kier molecular flexibility index (Phi) is 5.62. The van der Waals surface area contributed by atoms with E-state index < -0.39 is 0 Å². The van der Waals surface area contributed by atoms with Crippen LogP contribution in [0.3, 0.4) is 0 Å². The molecule has 1 aliphatic carbocycles. The molecular formula is C17H26N2O2. The highest BCUT2D eigenvalue weighted by atomic mass is 16.5. The molecule has 4 heteroatoms. The summed E-state index contributed by atoms with van der Waals surface area (Å²) in [5, 5.41) is 0. The summed E-state index contributed by atoms with van der Waals surface area (Å²) in [5.41, 5.74) is 7.20. The largest absolute Gasteiger partial charge is 0.492 e. The van der Waals surface area contributed by atoms with Crippen molar-refractivity contribution in [3.05, 3.63) is 29.8 Å². The highest BCUT2D eigenvalue weighted by Gasteiger charge is 2.27. The third-order valence-corrected chi connectivity index (χ3v) is 4.27. The van der Waals surface area contributed by atoms with E-state index in [-0.39, 0.29) is 11.9 Å². The maximum absolute atomic E-state index is 12.2. The standard InChI is InChI=1S/C17H26N2O2/c1-13-5-3-7-15(11-13)21-10-9-19(2)17(20)12-14-6-4-8-16(14)18/h3,5,7,11,14,16H,4,6,8-10,12,18H2,1-2H3/t14-,16+/m0/s1. The third kappa shape index (κ3) is 4.74. The second-order valence-electron chi connectivity index (χ2n) is 6.04. The fraction of sp³-hybridized carbons (Fsp3) is 0.588. The molecule has 1 aromatic carbocycles. The SMILES string of the molecule is Cc1cccc(OCCN(C)C(=O)C[C@@H]2CCC[C@H]2N)c1. The molecule has 0 aromatic heterocycles. The summed E-state index contributed by atoms with van der Waals surface area (Å²) in [5.74, 6) is 1.39. The smallest absolute Gasteiger partial charge is 0.222 e. The molecule has 2 N–H and O–H groups in total. The van der Waals surface area contributed by atoms with Crippen molar-refractivity contribution in [1.82, 2.24) is 4.90 Å². The predicted molar refractivity (Wildman–Crippen MR) is 84.2 cm³/mol. The Morgan fingerprint density at radius 3 is 2.90 bits per heavy atom. The van der Waals surface area contributed by atoms with Crippen LogP contribution in [-0.4, -0.2) is 37.0 Å². The number of amides is 1. The van der Waals surface area contributed by atoms with Crippen molar-refractivity contribution < 1.29 is 9.53 Å². The fourth-order valence-electron chi connectivity index (χ4n) is 2.83. The molecule has 116 valence electrons. The molecule has 0 saturated heterocycles. The predicted octanol–water partition coefficient (Wildman–Crippen LogP) is 2.35. The van der Waals surface area contributed by atoms with Crippen LogP contribution in [0, 0.1) is 12.8 Å². The van der Waals surface area contributed by atoms with E-state index in [2.05, 4.69) is 0 Å². The van der Waals surface area contributed by atoms with Gasteiger partial charge in [0.15, 0.2) is 0 Å². The number of carbonyl (C=O) groups is 1. The van der Waals surface area contributed by atoms with Gasteiger partial charge in [-0.25, -0.2) is 0 Å². The number of likely N-dealkylation sites (N-methyl/N-ethyl adjacent to an activating group) is 1. The first-order valence-corrected chi connectivity index (χ1v) is 7.75. The van der Waals surface area contributed by atoms with Crippen molar-refractivity contribution >= 4 is 5.91 Å². The summed E-state index contributed by atoms with van der Waals surface area (Å²) < 4.78 is 5.68. The van der Waals surface area contributed by atoms with Crippen molar-refractivity contribution in [2.75, 3.05) is 20.2 Å². The van der Waals surface area contributed by atoms with E-state index in [4.69, 9.17) is 10.5 Å². The van der Waals surface area contributed by atoms with Gasteiger partial charge in [-0.2, -0.15) is 0 Å². The first kappa shape index (κ1) is 15.8. The first-order valence-electron chi connectivity index (χ1n) is 7.75. The Morgan fingerprint density at radius 2 is 2.24 bits per heavy atom. The number of rotatable bonds is 6. The molecule has 0 bridgehead atoms. The molecule has 1 amide bonds. The zero-order chi connectivity index (χ0) is 15.2. The number of hydrogen-bond acceptors (Lipinski definition) is 3. The number of nitrogens with two attached hydrogens (primary N) is 1. The van der Waals surface area contributed by atoms with Gasteiger partial charge in [-0.15, -0.1) is 0 Å². The zero-order valence-electron chi connectivity index (χ0n) is 13.0. The molecule has 4 nitrogen and oxygen atoms in total. The summed E-state index contributed by atoms with van der Waals surface area (Å²) in [7, 11) is 1.84. The van der Waals surface area contributed by atoms with E-state index >= 15 is 0 Å². The number of benzene rings is 1. The van der Waals surface area contributed by atoms with Gasteiger partial charge in [-0.1, -0.05) is 18.6 Å². The molecule has 1 fully saturated rings. The summed E-state index contributed by atoms with van der Waals surface area (Å²) in [6, 6.07) is 8.14. The van der Waals surface area contributed by atoms with Crippen LogP contribution in [-0.2, 0) is 4.79 Å². The normalized spacial score (nSPS) is 21.3. The van der Waals surface area contributed by atoms with Crippen molar-refractivity contribution in [3.63, 3.8) is 0 Å². The number of nitrogens with zero attached hydrogens (tertiary/aromatic N) is 1. The van der Waals surface area contributed by atoms with Gasteiger partial charge in [0.05, 0.1) is 6.54 Å². The lowest BCUT2D eigenvalue weighted by molar-refractivity contribution is -0.131. The lowest BCUT2D eigenvalue weighted by Crippen LogP contribution is -2.35. The Labute approximate surface area is 127 Å². The van der Waals surface area contributed by atoms with Crippen LogP contribution in [0.4, 0.5) is 0 Å². The van der Waals surface area contributed by atoms with Crippen molar-refractivity contribution in [3.8, 4) is 5.75 Å². The van der Waals surface area contributed by atoms with Gasteiger partial charge in [0.2, 0.25) is 5.91 Å². The van der Waals surface area contributed by atoms with Crippen LogP contribution in [0.15, 0.2) is 24.3 Å². The summed E-state index contributed by atoms with van der Waals surface area (Å²) in [6.07, 6.45) is 3.86. The second-order valence-corrected chi connectivity index (χ2v) is 6.04. The molecule has 2 rings (SSSR count). The van der Waals surface area contributed by atoms with Gasteiger partial charge < -0.3 is 15.4 Å². The molecule has 21 heavy (non-hydrogen) atoms. The lowest BCUT2D eigenvalue weighted by Gasteiger charge is -2.21. The Bertz CT molecular complexity index is 476. The monoisotopic (exact) mass is 290 g/mol. The summed E-state index contributed by atoms with van der Waals surface area (Å²) in [6.45, 7) is 3.16. The average molecular weight is 290 g/mol. The molecule has 2 atom stereocenters. The summed E-state index contributed by atoms with van der Waals surface area (Å²) >= 11 is 0. The van der Waals surface area contributed by atoms with E-state index in [1.54, 1.807) is 4.90 Å². The third-order valence-electron chi connectivity index (χ3n) is 4.27. The minimum atomic E-state index is 0.171. The van der Waals surface area contributed by atoms with Gasteiger partial charge >= 0.3 is 0 Å². The molecule has 0 unspecified atom stereocenters. The van der Waals surface area contributed by atoms with Gasteiger partial charge in [-0.3, -0.25) is 4.79 Å². The number of carbonyl (C=O) groups excluding carboxylic acids is 1.